The van der Waals surface area contributed by atoms with Crippen molar-refractivity contribution in [2.75, 3.05) is 7.11 Å². The zero-order valence-corrected chi connectivity index (χ0v) is 10.5. The summed E-state index contributed by atoms with van der Waals surface area (Å²) in [5.41, 5.74) is 1.18. The summed E-state index contributed by atoms with van der Waals surface area (Å²) in [6.07, 6.45) is 0.341. The van der Waals surface area contributed by atoms with E-state index in [0.29, 0.717) is 18.6 Å². The lowest BCUT2D eigenvalue weighted by Crippen LogP contribution is -2.40. The molecule has 2 N–H and O–H groups in total. The second-order valence-corrected chi connectivity index (χ2v) is 3.86. The molecular weight excluding hydrogens is 234 g/mol. The minimum absolute atomic E-state index is 0.313. The second kappa shape index (κ2) is 6.76. The Morgan fingerprint density at radius 2 is 2.06 bits per heavy atom. The van der Waals surface area contributed by atoms with Crippen molar-refractivity contribution in [2.24, 2.45) is 0 Å². The van der Waals surface area contributed by atoms with E-state index >= 15 is 0 Å². The van der Waals surface area contributed by atoms with Crippen molar-refractivity contribution in [3.05, 3.63) is 35.4 Å². The number of carboxylic acids is 1. The van der Waals surface area contributed by atoms with Crippen LogP contribution in [0.5, 0.6) is 0 Å². The lowest BCUT2D eigenvalue weighted by atomic mass is 10.1. The van der Waals surface area contributed by atoms with Crippen LogP contribution in [0.1, 0.15) is 29.3 Å². The van der Waals surface area contributed by atoms with E-state index in [1.165, 1.54) is 0 Å². The molecule has 0 bridgehead atoms. The van der Waals surface area contributed by atoms with E-state index in [9.17, 15) is 9.59 Å². The molecule has 0 fully saturated rings. The van der Waals surface area contributed by atoms with Crippen LogP contribution in [-0.2, 0) is 16.1 Å². The molecule has 0 saturated carbocycles. The summed E-state index contributed by atoms with van der Waals surface area (Å²) in [7, 11) is 1.54. The molecule has 0 aromatic heterocycles. The van der Waals surface area contributed by atoms with Crippen LogP contribution in [0.25, 0.3) is 0 Å². The Labute approximate surface area is 106 Å². The molecule has 1 aromatic carbocycles. The van der Waals surface area contributed by atoms with Crippen molar-refractivity contribution in [1.29, 1.82) is 0 Å². The first-order valence-electron chi connectivity index (χ1n) is 5.70. The maximum absolute atomic E-state index is 12.0. The van der Waals surface area contributed by atoms with Crippen molar-refractivity contribution < 1.29 is 19.4 Å². The number of hydrogen-bond donors (Lipinski definition) is 2. The fraction of sp³-hybridized carbons (Fsp3) is 0.385. The van der Waals surface area contributed by atoms with Gasteiger partial charge in [0.2, 0.25) is 0 Å². The normalized spacial score (nSPS) is 11.9. The Morgan fingerprint density at radius 3 is 2.61 bits per heavy atom. The van der Waals surface area contributed by atoms with Crippen molar-refractivity contribution in [3.8, 4) is 0 Å². The van der Waals surface area contributed by atoms with Gasteiger partial charge < -0.3 is 15.2 Å². The number of carbonyl (C=O) groups is 2. The van der Waals surface area contributed by atoms with Crippen LogP contribution in [0, 0.1) is 0 Å². The molecule has 98 valence electrons. The van der Waals surface area contributed by atoms with Gasteiger partial charge in [0.15, 0.2) is 0 Å². The monoisotopic (exact) mass is 251 g/mol. The van der Waals surface area contributed by atoms with Gasteiger partial charge in [-0.05, 0) is 18.1 Å². The minimum atomic E-state index is -1.03. The van der Waals surface area contributed by atoms with Gasteiger partial charge in [-0.2, -0.15) is 0 Å². The fourth-order valence-corrected chi connectivity index (χ4v) is 1.60. The van der Waals surface area contributed by atoms with Crippen molar-refractivity contribution in [2.45, 2.75) is 26.0 Å². The number of methoxy groups -OCH3 is 1. The summed E-state index contributed by atoms with van der Waals surface area (Å²) in [6.45, 7) is 2.02. The van der Waals surface area contributed by atoms with E-state index in [1.807, 2.05) is 0 Å². The Hall–Kier alpha value is -1.88. The molecule has 5 nitrogen and oxygen atoms in total. The van der Waals surface area contributed by atoms with E-state index in [-0.39, 0.29) is 0 Å². The van der Waals surface area contributed by atoms with Crippen LogP contribution < -0.4 is 5.32 Å². The molecule has 1 rings (SSSR count). The second-order valence-electron chi connectivity index (χ2n) is 3.86. The van der Waals surface area contributed by atoms with Crippen molar-refractivity contribution in [1.82, 2.24) is 5.32 Å². The third-order valence-electron chi connectivity index (χ3n) is 2.57. The maximum Gasteiger partial charge on any atom is 0.326 e. The Balaban J connectivity index is 2.86. The highest BCUT2D eigenvalue weighted by atomic mass is 16.5. The average Bonchev–Trinajstić information content (AvgIpc) is 2.36. The van der Waals surface area contributed by atoms with Crippen molar-refractivity contribution in [3.63, 3.8) is 0 Å². The van der Waals surface area contributed by atoms with Gasteiger partial charge in [0.05, 0.1) is 6.61 Å². The van der Waals surface area contributed by atoms with Crippen LogP contribution in [0.3, 0.4) is 0 Å². The molecule has 1 amide bonds. The summed E-state index contributed by atoms with van der Waals surface area (Å²) in [4.78, 5) is 22.9. The van der Waals surface area contributed by atoms with Crippen LogP contribution in [0.2, 0.25) is 0 Å². The van der Waals surface area contributed by atoms with E-state index in [1.54, 1.807) is 38.3 Å². The number of carbonyl (C=O) groups excluding carboxylic acids is 1. The van der Waals surface area contributed by atoms with Gasteiger partial charge in [0.25, 0.3) is 5.91 Å². The van der Waals surface area contributed by atoms with Gasteiger partial charge in [-0.3, -0.25) is 4.79 Å². The molecule has 18 heavy (non-hydrogen) atoms. The zero-order valence-electron chi connectivity index (χ0n) is 10.5. The van der Waals surface area contributed by atoms with Crippen LogP contribution in [-0.4, -0.2) is 30.1 Å². The number of rotatable bonds is 6. The molecule has 1 atom stereocenters. The van der Waals surface area contributed by atoms with Crippen LogP contribution in [0.15, 0.2) is 24.3 Å². The lowest BCUT2D eigenvalue weighted by molar-refractivity contribution is -0.139. The van der Waals surface area contributed by atoms with E-state index in [0.717, 1.165) is 5.56 Å². The molecule has 0 radical (unpaired) electrons. The maximum atomic E-state index is 12.0. The fourth-order valence-electron chi connectivity index (χ4n) is 1.60. The van der Waals surface area contributed by atoms with E-state index < -0.39 is 17.9 Å². The lowest BCUT2D eigenvalue weighted by Gasteiger charge is -2.14. The average molecular weight is 251 g/mol. The van der Waals surface area contributed by atoms with Gasteiger partial charge in [-0.15, -0.1) is 0 Å². The molecule has 0 aliphatic rings. The Kier molecular flexibility index (Phi) is 5.32. The van der Waals surface area contributed by atoms with Crippen molar-refractivity contribution >= 4 is 11.9 Å². The number of aliphatic carboxylic acids is 1. The molecule has 0 heterocycles. The SMILES string of the molecule is CC[C@H](NC(=O)c1ccccc1COC)C(=O)O. The molecule has 0 saturated heterocycles. The molecule has 0 spiro atoms. The summed E-state index contributed by atoms with van der Waals surface area (Å²) in [5.74, 6) is -1.42. The quantitative estimate of drug-likeness (QED) is 0.802. The number of amides is 1. The number of ether oxygens (including phenoxy) is 1. The number of nitrogens with one attached hydrogen (secondary N) is 1. The molecule has 1 aromatic rings. The molecule has 0 aliphatic carbocycles. The Morgan fingerprint density at radius 1 is 1.39 bits per heavy atom. The van der Waals surface area contributed by atoms with Gasteiger partial charge in [0.1, 0.15) is 6.04 Å². The highest BCUT2D eigenvalue weighted by Gasteiger charge is 2.19. The van der Waals surface area contributed by atoms with Gasteiger partial charge in [0, 0.05) is 12.7 Å². The first kappa shape index (κ1) is 14.2. The highest BCUT2D eigenvalue weighted by molar-refractivity contribution is 5.97. The Bertz CT molecular complexity index is 431. The minimum Gasteiger partial charge on any atom is -0.480 e. The van der Waals surface area contributed by atoms with E-state index in [2.05, 4.69) is 5.32 Å². The van der Waals surface area contributed by atoms with Gasteiger partial charge >= 0.3 is 5.97 Å². The van der Waals surface area contributed by atoms with Gasteiger partial charge in [-0.25, -0.2) is 4.79 Å². The number of hydrogen-bond acceptors (Lipinski definition) is 3. The standard InChI is InChI=1S/C13H17NO4/c1-3-11(13(16)17)14-12(15)10-7-5-4-6-9(10)8-18-2/h4-7,11H,3,8H2,1-2H3,(H,14,15)(H,16,17)/t11-/m0/s1. The smallest absolute Gasteiger partial charge is 0.326 e. The summed E-state index contributed by atoms with van der Waals surface area (Å²) in [6, 6.07) is 6.10. The molecule has 0 aliphatic heterocycles. The summed E-state index contributed by atoms with van der Waals surface area (Å²) < 4.78 is 5.00. The van der Waals surface area contributed by atoms with Crippen LogP contribution >= 0.6 is 0 Å². The molecule has 5 heteroatoms. The van der Waals surface area contributed by atoms with E-state index in [4.69, 9.17) is 9.84 Å². The third kappa shape index (κ3) is 3.56. The third-order valence-corrected chi connectivity index (χ3v) is 2.57. The first-order chi connectivity index (χ1) is 8.60. The predicted octanol–water partition coefficient (Wildman–Crippen LogP) is 1.43. The highest BCUT2D eigenvalue weighted by Crippen LogP contribution is 2.10. The molecule has 0 unspecified atom stereocenters. The topological polar surface area (TPSA) is 75.6 Å². The van der Waals surface area contributed by atoms with Gasteiger partial charge in [-0.1, -0.05) is 25.1 Å². The zero-order chi connectivity index (χ0) is 13.5. The summed E-state index contributed by atoms with van der Waals surface area (Å²) in [5, 5.41) is 11.4. The predicted molar refractivity (Wildman–Crippen MR) is 66.3 cm³/mol. The molecular formula is C13H17NO4. The van der Waals surface area contributed by atoms with Crippen LogP contribution in [0.4, 0.5) is 0 Å². The number of benzene rings is 1. The summed E-state index contributed by atoms with van der Waals surface area (Å²) >= 11 is 0. The number of carboxylic acid groups (broad SMARTS) is 1. The first-order valence-corrected chi connectivity index (χ1v) is 5.70. The largest absolute Gasteiger partial charge is 0.480 e.